The monoisotopic (exact) mass is 153 g/mol. The highest BCUT2D eigenvalue weighted by molar-refractivity contribution is 5.15. The summed E-state index contributed by atoms with van der Waals surface area (Å²) in [5.41, 5.74) is 1.29. The standard InChI is InChI=1S/C9H15NO/c1-6-5-10-9-7(6)3-2-4-8(9)11/h7-11H,1-5H2/t7-,8+,9+/m1/s1. The van der Waals surface area contributed by atoms with E-state index >= 15 is 0 Å². The zero-order chi connectivity index (χ0) is 7.84. The molecule has 2 fully saturated rings. The van der Waals surface area contributed by atoms with Gasteiger partial charge in [-0.05, 0) is 18.8 Å². The van der Waals surface area contributed by atoms with Gasteiger partial charge in [-0.2, -0.15) is 0 Å². The van der Waals surface area contributed by atoms with Crippen LogP contribution in [0.15, 0.2) is 12.2 Å². The fourth-order valence-electron chi connectivity index (χ4n) is 2.29. The van der Waals surface area contributed by atoms with Crippen LogP contribution in [0.5, 0.6) is 0 Å². The van der Waals surface area contributed by atoms with Crippen molar-refractivity contribution in [2.24, 2.45) is 5.92 Å². The lowest BCUT2D eigenvalue weighted by Gasteiger charge is -2.30. The highest BCUT2D eigenvalue weighted by Crippen LogP contribution is 2.33. The van der Waals surface area contributed by atoms with Gasteiger partial charge in [0, 0.05) is 12.6 Å². The molecule has 1 aliphatic carbocycles. The van der Waals surface area contributed by atoms with Crippen LogP contribution in [-0.2, 0) is 0 Å². The van der Waals surface area contributed by atoms with E-state index in [2.05, 4.69) is 11.9 Å². The third kappa shape index (κ3) is 1.10. The minimum Gasteiger partial charge on any atom is -0.391 e. The Morgan fingerprint density at radius 3 is 3.00 bits per heavy atom. The lowest BCUT2D eigenvalue weighted by Crippen LogP contribution is -2.41. The largest absolute Gasteiger partial charge is 0.391 e. The van der Waals surface area contributed by atoms with Crippen molar-refractivity contribution in [1.82, 2.24) is 5.32 Å². The van der Waals surface area contributed by atoms with Crippen LogP contribution >= 0.6 is 0 Å². The Labute approximate surface area is 67.3 Å². The molecule has 1 aliphatic heterocycles. The average molecular weight is 153 g/mol. The zero-order valence-electron chi connectivity index (χ0n) is 6.71. The summed E-state index contributed by atoms with van der Waals surface area (Å²) in [4.78, 5) is 0. The highest BCUT2D eigenvalue weighted by Gasteiger charge is 2.37. The summed E-state index contributed by atoms with van der Waals surface area (Å²) < 4.78 is 0. The number of aliphatic hydroxyl groups is 1. The molecule has 1 saturated carbocycles. The van der Waals surface area contributed by atoms with Crippen LogP contribution in [0.2, 0.25) is 0 Å². The molecule has 62 valence electrons. The number of hydrogen-bond donors (Lipinski definition) is 2. The SMILES string of the molecule is C=C1CN[C@H]2[C@@H]1CCC[C@@H]2O. The second-order valence-corrected chi connectivity index (χ2v) is 3.67. The number of nitrogens with one attached hydrogen (secondary N) is 1. The topological polar surface area (TPSA) is 32.3 Å². The Morgan fingerprint density at radius 1 is 1.45 bits per heavy atom. The maximum atomic E-state index is 9.59. The number of aliphatic hydroxyl groups excluding tert-OH is 1. The Hall–Kier alpha value is -0.340. The summed E-state index contributed by atoms with van der Waals surface area (Å²) in [7, 11) is 0. The molecule has 0 spiro atoms. The van der Waals surface area contributed by atoms with Gasteiger partial charge in [0.05, 0.1) is 6.10 Å². The Morgan fingerprint density at radius 2 is 2.27 bits per heavy atom. The molecule has 1 saturated heterocycles. The molecule has 2 nitrogen and oxygen atoms in total. The summed E-state index contributed by atoms with van der Waals surface area (Å²) in [6.07, 6.45) is 3.20. The zero-order valence-corrected chi connectivity index (χ0v) is 6.71. The van der Waals surface area contributed by atoms with E-state index in [1.165, 1.54) is 12.0 Å². The van der Waals surface area contributed by atoms with E-state index in [9.17, 15) is 5.11 Å². The van der Waals surface area contributed by atoms with Gasteiger partial charge in [-0.15, -0.1) is 0 Å². The van der Waals surface area contributed by atoms with Gasteiger partial charge >= 0.3 is 0 Å². The van der Waals surface area contributed by atoms with Crippen molar-refractivity contribution >= 4 is 0 Å². The van der Waals surface area contributed by atoms with Crippen LogP contribution in [0.3, 0.4) is 0 Å². The van der Waals surface area contributed by atoms with Gasteiger partial charge in [0.25, 0.3) is 0 Å². The average Bonchev–Trinajstić information content (AvgIpc) is 2.35. The van der Waals surface area contributed by atoms with Gasteiger partial charge < -0.3 is 10.4 Å². The van der Waals surface area contributed by atoms with Crippen molar-refractivity contribution in [2.75, 3.05) is 6.54 Å². The first-order chi connectivity index (χ1) is 5.29. The summed E-state index contributed by atoms with van der Waals surface area (Å²) in [6.45, 7) is 4.91. The van der Waals surface area contributed by atoms with E-state index in [1.54, 1.807) is 0 Å². The first-order valence-corrected chi connectivity index (χ1v) is 4.38. The lowest BCUT2D eigenvalue weighted by atomic mass is 9.82. The second-order valence-electron chi connectivity index (χ2n) is 3.67. The Kier molecular flexibility index (Phi) is 1.74. The number of fused-ring (bicyclic) bond motifs is 1. The van der Waals surface area contributed by atoms with E-state index in [-0.39, 0.29) is 6.10 Å². The smallest absolute Gasteiger partial charge is 0.0699 e. The van der Waals surface area contributed by atoms with Crippen LogP contribution < -0.4 is 5.32 Å². The summed E-state index contributed by atoms with van der Waals surface area (Å²) >= 11 is 0. The molecule has 2 aliphatic rings. The van der Waals surface area contributed by atoms with Crippen LogP contribution in [0, 0.1) is 5.92 Å². The van der Waals surface area contributed by atoms with Gasteiger partial charge in [-0.25, -0.2) is 0 Å². The van der Waals surface area contributed by atoms with Crippen molar-refractivity contribution < 1.29 is 5.11 Å². The molecule has 0 aromatic carbocycles. The normalized spacial score (nSPS) is 44.1. The van der Waals surface area contributed by atoms with Crippen molar-refractivity contribution in [1.29, 1.82) is 0 Å². The maximum absolute atomic E-state index is 9.59. The van der Waals surface area contributed by atoms with Crippen LogP contribution in [0.1, 0.15) is 19.3 Å². The number of rotatable bonds is 0. The highest BCUT2D eigenvalue weighted by atomic mass is 16.3. The third-order valence-corrected chi connectivity index (χ3v) is 2.95. The quantitative estimate of drug-likeness (QED) is 0.501. The molecule has 2 heteroatoms. The number of hydrogen-bond acceptors (Lipinski definition) is 2. The summed E-state index contributed by atoms with van der Waals surface area (Å²) in [5, 5.41) is 12.9. The molecular formula is C9H15NO. The minimum atomic E-state index is -0.131. The van der Waals surface area contributed by atoms with E-state index in [0.717, 1.165) is 19.4 Å². The molecule has 0 aromatic rings. The Bertz CT molecular complexity index is 178. The van der Waals surface area contributed by atoms with Gasteiger partial charge in [-0.3, -0.25) is 0 Å². The molecule has 0 unspecified atom stereocenters. The van der Waals surface area contributed by atoms with Gasteiger partial charge in [-0.1, -0.05) is 18.6 Å². The van der Waals surface area contributed by atoms with Crippen LogP contribution in [-0.4, -0.2) is 23.8 Å². The third-order valence-electron chi connectivity index (χ3n) is 2.95. The molecule has 0 amide bonds. The predicted octanol–water partition coefficient (Wildman–Crippen LogP) is 0.675. The first-order valence-electron chi connectivity index (χ1n) is 4.38. The van der Waals surface area contributed by atoms with E-state index < -0.39 is 0 Å². The van der Waals surface area contributed by atoms with Gasteiger partial charge in [0.1, 0.15) is 0 Å². The molecule has 11 heavy (non-hydrogen) atoms. The van der Waals surface area contributed by atoms with Crippen molar-refractivity contribution in [2.45, 2.75) is 31.4 Å². The minimum absolute atomic E-state index is 0.131. The van der Waals surface area contributed by atoms with Gasteiger partial charge in [0.15, 0.2) is 0 Å². The van der Waals surface area contributed by atoms with E-state index in [0.29, 0.717) is 12.0 Å². The van der Waals surface area contributed by atoms with E-state index in [1.807, 2.05) is 0 Å². The molecular weight excluding hydrogens is 138 g/mol. The summed E-state index contributed by atoms with van der Waals surface area (Å²) in [6, 6.07) is 0.316. The second kappa shape index (κ2) is 2.61. The fourth-order valence-corrected chi connectivity index (χ4v) is 2.29. The first kappa shape index (κ1) is 7.32. The molecule has 0 radical (unpaired) electrons. The molecule has 3 atom stereocenters. The Balaban J connectivity index is 2.12. The van der Waals surface area contributed by atoms with Crippen LogP contribution in [0.25, 0.3) is 0 Å². The molecule has 2 N–H and O–H groups in total. The summed E-state index contributed by atoms with van der Waals surface area (Å²) in [5.74, 6) is 0.554. The lowest BCUT2D eigenvalue weighted by molar-refractivity contribution is 0.0831. The van der Waals surface area contributed by atoms with Gasteiger partial charge in [0.2, 0.25) is 0 Å². The van der Waals surface area contributed by atoms with Crippen molar-refractivity contribution in [3.63, 3.8) is 0 Å². The molecule has 0 bridgehead atoms. The predicted molar refractivity (Wildman–Crippen MR) is 44.3 cm³/mol. The van der Waals surface area contributed by atoms with Crippen molar-refractivity contribution in [3.8, 4) is 0 Å². The molecule has 2 rings (SSSR count). The van der Waals surface area contributed by atoms with Crippen LogP contribution in [0.4, 0.5) is 0 Å². The van der Waals surface area contributed by atoms with E-state index in [4.69, 9.17) is 0 Å². The molecule has 0 aromatic heterocycles. The van der Waals surface area contributed by atoms with Crippen molar-refractivity contribution in [3.05, 3.63) is 12.2 Å². The maximum Gasteiger partial charge on any atom is 0.0699 e. The fraction of sp³-hybridized carbons (Fsp3) is 0.778. The molecule has 1 heterocycles.